The van der Waals surface area contributed by atoms with Gasteiger partial charge in [0.1, 0.15) is 11.3 Å². The van der Waals surface area contributed by atoms with Gasteiger partial charge in [0.05, 0.1) is 11.8 Å². The average Bonchev–Trinajstić information content (AvgIpc) is 2.83. The third-order valence-electron chi connectivity index (χ3n) is 2.46. The topological polar surface area (TPSA) is 79.1 Å². The summed E-state index contributed by atoms with van der Waals surface area (Å²) in [6.45, 7) is 0. The van der Waals surface area contributed by atoms with Crippen molar-refractivity contribution in [3.05, 3.63) is 46.9 Å². The third-order valence-corrected chi connectivity index (χ3v) is 2.46. The van der Waals surface area contributed by atoms with Gasteiger partial charge in [-0.05, 0) is 24.3 Å². The van der Waals surface area contributed by atoms with Crippen molar-refractivity contribution in [1.29, 1.82) is 0 Å². The van der Waals surface area contributed by atoms with Crippen LogP contribution in [0.1, 0.15) is 0 Å². The van der Waals surface area contributed by atoms with Gasteiger partial charge in [-0.25, -0.2) is 4.98 Å². The number of rotatable bonds is 1. The molecule has 2 N–H and O–H groups in total. The Morgan fingerprint density at radius 3 is 2.88 bits per heavy atom. The summed E-state index contributed by atoms with van der Waals surface area (Å²) < 4.78 is 5.13. The first-order valence-electron chi connectivity index (χ1n) is 5.01. The average molecular weight is 228 g/mol. The van der Waals surface area contributed by atoms with E-state index < -0.39 is 5.56 Å². The Hall–Kier alpha value is -2.56. The van der Waals surface area contributed by atoms with Gasteiger partial charge in [-0.1, -0.05) is 6.07 Å². The lowest BCUT2D eigenvalue weighted by Gasteiger charge is -2.01. The second kappa shape index (κ2) is 3.48. The lowest BCUT2D eigenvalue weighted by atomic mass is 10.2. The number of furan rings is 1. The molecule has 1 aromatic carbocycles. The maximum Gasteiger partial charge on any atom is 0.278 e. The summed E-state index contributed by atoms with van der Waals surface area (Å²) in [5.41, 5.74) is 0.644. The van der Waals surface area contributed by atoms with Gasteiger partial charge in [0.25, 0.3) is 5.56 Å². The van der Waals surface area contributed by atoms with Crippen molar-refractivity contribution in [3.8, 4) is 17.2 Å². The van der Waals surface area contributed by atoms with E-state index in [1.165, 1.54) is 12.3 Å². The summed E-state index contributed by atoms with van der Waals surface area (Å²) in [5, 5.41) is 9.58. The van der Waals surface area contributed by atoms with Crippen molar-refractivity contribution >= 4 is 11.0 Å². The number of nitrogens with one attached hydrogen (secondary N) is 1. The largest absolute Gasteiger partial charge is 0.506 e. The van der Waals surface area contributed by atoms with Gasteiger partial charge in [0.2, 0.25) is 0 Å². The highest BCUT2D eigenvalue weighted by molar-refractivity contribution is 5.81. The number of fused-ring (bicyclic) bond motifs is 1. The minimum atomic E-state index is -0.394. The molecule has 84 valence electrons. The highest BCUT2D eigenvalue weighted by atomic mass is 16.3. The van der Waals surface area contributed by atoms with E-state index in [4.69, 9.17) is 4.42 Å². The van der Waals surface area contributed by atoms with E-state index in [0.29, 0.717) is 16.8 Å². The van der Waals surface area contributed by atoms with E-state index in [1.807, 2.05) is 0 Å². The number of benzene rings is 1. The normalized spacial score (nSPS) is 10.8. The number of hydrogen-bond donors (Lipinski definition) is 2. The minimum absolute atomic E-state index is 0.00176. The van der Waals surface area contributed by atoms with E-state index in [0.717, 1.165) is 0 Å². The van der Waals surface area contributed by atoms with Crippen LogP contribution in [0.2, 0.25) is 0 Å². The Morgan fingerprint density at radius 2 is 2.12 bits per heavy atom. The summed E-state index contributed by atoms with van der Waals surface area (Å²) >= 11 is 0. The SMILES string of the molecule is O=c1[nH]c2c(O)cccc2nc1-c1ccco1. The van der Waals surface area contributed by atoms with E-state index in [1.54, 1.807) is 24.3 Å². The molecule has 3 aromatic rings. The number of hydrogen-bond acceptors (Lipinski definition) is 4. The van der Waals surface area contributed by atoms with Crippen LogP contribution in [0.5, 0.6) is 5.75 Å². The Kier molecular flexibility index (Phi) is 1.98. The molecule has 0 bridgehead atoms. The number of H-pyrrole nitrogens is 1. The molecule has 0 saturated carbocycles. The smallest absolute Gasteiger partial charge is 0.278 e. The van der Waals surface area contributed by atoms with Gasteiger partial charge in [-0.3, -0.25) is 4.79 Å². The molecule has 2 heterocycles. The van der Waals surface area contributed by atoms with Crippen LogP contribution in [0.25, 0.3) is 22.5 Å². The van der Waals surface area contributed by atoms with Gasteiger partial charge in [-0.2, -0.15) is 0 Å². The fraction of sp³-hybridized carbons (Fsp3) is 0. The molecule has 0 aliphatic rings. The van der Waals surface area contributed by atoms with Gasteiger partial charge >= 0.3 is 0 Å². The number of phenols is 1. The van der Waals surface area contributed by atoms with Crippen molar-refractivity contribution in [3.63, 3.8) is 0 Å². The maximum atomic E-state index is 11.8. The predicted molar refractivity (Wildman–Crippen MR) is 61.7 cm³/mol. The van der Waals surface area contributed by atoms with Crippen molar-refractivity contribution in [2.24, 2.45) is 0 Å². The second-order valence-corrected chi connectivity index (χ2v) is 3.56. The summed E-state index contributed by atoms with van der Waals surface area (Å²) in [5.74, 6) is 0.398. The molecule has 3 rings (SSSR count). The number of nitrogens with zero attached hydrogens (tertiary/aromatic N) is 1. The molecular formula is C12H8N2O3. The second-order valence-electron chi connectivity index (χ2n) is 3.56. The van der Waals surface area contributed by atoms with Crippen LogP contribution in [0, 0.1) is 0 Å². The van der Waals surface area contributed by atoms with E-state index in [-0.39, 0.29) is 11.4 Å². The summed E-state index contributed by atoms with van der Waals surface area (Å²) in [4.78, 5) is 18.6. The standard InChI is InChI=1S/C12H8N2O3/c15-8-4-1-3-7-10(8)14-12(16)11(13-7)9-5-2-6-17-9/h1-6,15H,(H,14,16). The van der Waals surface area contributed by atoms with Crippen LogP contribution < -0.4 is 5.56 Å². The maximum absolute atomic E-state index is 11.8. The van der Waals surface area contributed by atoms with Crippen LogP contribution in [0.15, 0.2) is 45.8 Å². The molecule has 17 heavy (non-hydrogen) atoms. The van der Waals surface area contributed by atoms with Crippen LogP contribution in [0.3, 0.4) is 0 Å². The number of aromatic amines is 1. The van der Waals surface area contributed by atoms with Crippen LogP contribution >= 0.6 is 0 Å². The molecular weight excluding hydrogens is 220 g/mol. The number of phenolic OH excluding ortho intramolecular Hbond substituents is 1. The molecule has 0 aliphatic heterocycles. The Morgan fingerprint density at radius 1 is 1.24 bits per heavy atom. The fourth-order valence-corrected chi connectivity index (χ4v) is 1.67. The van der Waals surface area contributed by atoms with Crippen LogP contribution in [0.4, 0.5) is 0 Å². The summed E-state index contributed by atoms with van der Waals surface area (Å²) in [6.07, 6.45) is 1.48. The predicted octanol–water partition coefficient (Wildman–Crippen LogP) is 1.89. The molecule has 5 nitrogen and oxygen atoms in total. The van der Waals surface area contributed by atoms with Gasteiger partial charge in [0.15, 0.2) is 11.5 Å². The number of aromatic nitrogens is 2. The third kappa shape index (κ3) is 1.48. The number of aromatic hydroxyl groups is 1. The zero-order chi connectivity index (χ0) is 11.8. The molecule has 0 fully saturated rings. The molecule has 0 aliphatic carbocycles. The monoisotopic (exact) mass is 228 g/mol. The van der Waals surface area contributed by atoms with Crippen molar-refractivity contribution in [1.82, 2.24) is 9.97 Å². The molecule has 0 radical (unpaired) electrons. The highest BCUT2D eigenvalue weighted by Gasteiger charge is 2.11. The lowest BCUT2D eigenvalue weighted by molar-refractivity contribution is 0.480. The first kappa shape index (κ1) is 9.65. The molecule has 0 spiro atoms. The summed E-state index contributed by atoms with van der Waals surface area (Å²) in [7, 11) is 0. The van der Waals surface area contributed by atoms with Gasteiger partial charge in [-0.15, -0.1) is 0 Å². The quantitative estimate of drug-likeness (QED) is 0.666. The Balaban J connectivity index is 2.36. The molecule has 0 atom stereocenters. The molecule has 0 unspecified atom stereocenters. The molecule has 5 heteroatoms. The van der Waals surface area contributed by atoms with Crippen molar-refractivity contribution < 1.29 is 9.52 Å². The zero-order valence-electron chi connectivity index (χ0n) is 8.68. The summed E-state index contributed by atoms with van der Waals surface area (Å²) in [6, 6.07) is 8.20. The fourth-order valence-electron chi connectivity index (χ4n) is 1.67. The van der Waals surface area contributed by atoms with E-state index >= 15 is 0 Å². The molecule has 0 saturated heterocycles. The zero-order valence-corrected chi connectivity index (χ0v) is 8.68. The number of para-hydroxylation sites is 1. The molecule has 2 aromatic heterocycles. The van der Waals surface area contributed by atoms with Crippen molar-refractivity contribution in [2.75, 3.05) is 0 Å². The first-order chi connectivity index (χ1) is 8.25. The van der Waals surface area contributed by atoms with Gasteiger partial charge in [0, 0.05) is 0 Å². The Bertz CT molecular complexity index is 729. The molecule has 0 amide bonds. The van der Waals surface area contributed by atoms with Crippen LogP contribution in [-0.2, 0) is 0 Å². The van der Waals surface area contributed by atoms with E-state index in [9.17, 15) is 9.90 Å². The van der Waals surface area contributed by atoms with Crippen molar-refractivity contribution in [2.45, 2.75) is 0 Å². The minimum Gasteiger partial charge on any atom is -0.506 e. The Labute approximate surface area is 95.4 Å². The van der Waals surface area contributed by atoms with Crippen LogP contribution in [-0.4, -0.2) is 15.1 Å². The highest BCUT2D eigenvalue weighted by Crippen LogP contribution is 2.21. The lowest BCUT2D eigenvalue weighted by Crippen LogP contribution is -2.11. The van der Waals surface area contributed by atoms with E-state index in [2.05, 4.69) is 9.97 Å². The first-order valence-corrected chi connectivity index (χ1v) is 5.01. The van der Waals surface area contributed by atoms with Gasteiger partial charge < -0.3 is 14.5 Å².